The highest BCUT2D eigenvalue weighted by molar-refractivity contribution is 5.80. The Hall–Kier alpha value is -3.00. The van der Waals surface area contributed by atoms with Crippen molar-refractivity contribution >= 4 is 11.0 Å². The van der Waals surface area contributed by atoms with Gasteiger partial charge < -0.3 is 14.5 Å². The fourth-order valence-corrected chi connectivity index (χ4v) is 2.05. The fourth-order valence-electron chi connectivity index (χ4n) is 2.05. The van der Waals surface area contributed by atoms with Crippen LogP contribution in [0.2, 0.25) is 0 Å². The summed E-state index contributed by atoms with van der Waals surface area (Å²) in [6, 6.07) is 7.34. The van der Waals surface area contributed by atoms with E-state index in [1.54, 1.807) is 19.5 Å². The van der Waals surface area contributed by atoms with E-state index in [0.717, 1.165) is 22.3 Å². The van der Waals surface area contributed by atoms with Gasteiger partial charge in [0.2, 0.25) is 0 Å². The minimum absolute atomic E-state index is 0.196. The van der Waals surface area contributed by atoms with Crippen LogP contribution in [0.5, 0.6) is 11.5 Å². The van der Waals surface area contributed by atoms with E-state index >= 15 is 0 Å². The van der Waals surface area contributed by atoms with Gasteiger partial charge in [0, 0.05) is 6.20 Å². The largest absolute Gasteiger partial charge is 0.497 e. The average Bonchev–Trinajstić information content (AvgIpc) is 2.96. The molecular formula is C16H13N3O2. The van der Waals surface area contributed by atoms with Gasteiger partial charge in [0.25, 0.3) is 0 Å². The van der Waals surface area contributed by atoms with Crippen LogP contribution >= 0.6 is 0 Å². The van der Waals surface area contributed by atoms with Crippen molar-refractivity contribution in [2.45, 2.75) is 0 Å². The van der Waals surface area contributed by atoms with Crippen LogP contribution in [0.1, 0.15) is 0 Å². The normalized spacial score (nSPS) is 10.3. The van der Waals surface area contributed by atoms with Gasteiger partial charge in [-0.2, -0.15) is 0 Å². The van der Waals surface area contributed by atoms with E-state index in [-0.39, 0.29) is 6.61 Å². The summed E-state index contributed by atoms with van der Waals surface area (Å²) in [5, 5.41) is 0. The zero-order valence-electron chi connectivity index (χ0n) is 11.5. The summed E-state index contributed by atoms with van der Waals surface area (Å²) < 4.78 is 10.8. The van der Waals surface area contributed by atoms with E-state index < -0.39 is 0 Å². The Bertz CT molecular complexity index is 785. The molecule has 3 rings (SSSR count). The number of H-pyrrole nitrogens is 1. The third-order valence-corrected chi connectivity index (χ3v) is 3.04. The van der Waals surface area contributed by atoms with Crippen LogP contribution in [0.25, 0.3) is 22.4 Å². The molecule has 104 valence electrons. The molecule has 0 saturated heterocycles. The molecule has 0 amide bonds. The SMILES string of the molecule is C#CCOc1ccc(OC)cc1-c1nc2ccncc2[nH]1. The van der Waals surface area contributed by atoms with E-state index in [1.807, 2.05) is 24.3 Å². The number of nitrogens with one attached hydrogen (secondary N) is 1. The summed E-state index contributed by atoms with van der Waals surface area (Å²) >= 11 is 0. The lowest BCUT2D eigenvalue weighted by Crippen LogP contribution is -1.97. The molecule has 2 heterocycles. The van der Waals surface area contributed by atoms with Gasteiger partial charge in [0.15, 0.2) is 0 Å². The Morgan fingerprint density at radius 1 is 1.33 bits per heavy atom. The molecule has 1 N–H and O–H groups in total. The van der Waals surface area contributed by atoms with Crippen molar-refractivity contribution in [1.82, 2.24) is 15.0 Å². The second-order valence-corrected chi connectivity index (χ2v) is 4.33. The maximum atomic E-state index is 5.57. The first kappa shape index (κ1) is 13.0. The molecule has 0 bridgehead atoms. The molecule has 0 saturated carbocycles. The molecule has 0 radical (unpaired) electrons. The maximum Gasteiger partial charge on any atom is 0.148 e. The Labute approximate surface area is 122 Å². The second kappa shape index (κ2) is 5.55. The van der Waals surface area contributed by atoms with Crippen LogP contribution in [0, 0.1) is 12.3 Å². The first-order valence-corrected chi connectivity index (χ1v) is 6.36. The zero-order chi connectivity index (χ0) is 14.7. The molecular weight excluding hydrogens is 266 g/mol. The topological polar surface area (TPSA) is 60.0 Å². The number of pyridine rings is 1. The van der Waals surface area contributed by atoms with Gasteiger partial charge in [-0.25, -0.2) is 4.98 Å². The number of aromatic nitrogens is 3. The fraction of sp³-hybridized carbons (Fsp3) is 0.125. The molecule has 0 unspecified atom stereocenters. The van der Waals surface area contributed by atoms with Crippen molar-refractivity contribution in [2.75, 3.05) is 13.7 Å². The summed E-state index contributed by atoms with van der Waals surface area (Å²) in [6.07, 6.45) is 8.68. The number of terminal acetylenes is 1. The number of imidazole rings is 1. The van der Waals surface area contributed by atoms with E-state index in [4.69, 9.17) is 15.9 Å². The maximum absolute atomic E-state index is 5.57. The molecule has 0 aliphatic heterocycles. The van der Waals surface area contributed by atoms with E-state index in [0.29, 0.717) is 11.6 Å². The van der Waals surface area contributed by atoms with Crippen LogP contribution < -0.4 is 9.47 Å². The van der Waals surface area contributed by atoms with Crippen molar-refractivity contribution in [3.05, 3.63) is 36.7 Å². The van der Waals surface area contributed by atoms with E-state index in [1.165, 1.54) is 0 Å². The third-order valence-electron chi connectivity index (χ3n) is 3.04. The first-order valence-electron chi connectivity index (χ1n) is 6.36. The van der Waals surface area contributed by atoms with Gasteiger partial charge in [-0.05, 0) is 24.3 Å². The molecule has 0 atom stereocenters. The van der Waals surface area contributed by atoms with Gasteiger partial charge in [0.1, 0.15) is 23.9 Å². The molecule has 0 aliphatic carbocycles. The number of hydrogen-bond acceptors (Lipinski definition) is 4. The number of aromatic amines is 1. The van der Waals surface area contributed by atoms with Gasteiger partial charge in [-0.15, -0.1) is 6.42 Å². The number of ether oxygens (including phenoxy) is 2. The quantitative estimate of drug-likeness (QED) is 0.746. The summed E-state index contributed by atoms with van der Waals surface area (Å²) in [4.78, 5) is 11.8. The molecule has 2 aromatic heterocycles. The molecule has 0 fully saturated rings. The Balaban J connectivity index is 2.11. The summed E-state index contributed by atoms with van der Waals surface area (Å²) in [5.41, 5.74) is 2.49. The van der Waals surface area contributed by atoms with Crippen molar-refractivity contribution < 1.29 is 9.47 Å². The Morgan fingerprint density at radius 3 is 3.00 bits per heavy atom. The number of hydrogen-bond donors (Lipinski definition) is 1. The molecule has 1 aromatic carbocycles. The Kier molecular flexibility index (Phi) is 3.44. The predicted molar refractivity (Wildman–Crippen MR) is 80.2 cm³/mol. The monoisotopic (exact) mass is 279 g/mol. The van der Waals surface area contributed by atoms with Crippen molar-refractivity contribution in [3.8, 4) is 35.2 Å². The van der Waals surface area contributed by atoms with Gasteiger partial charge in [-0.3, -0.25) is 4.98 Å². The standard InChI is InChI=1S/C16H13N3O2/c1-3-8-21-15-5-4-11(20-2)9-12(15)16-18-13-6-7-17-10-14(13)19-16/h1,4-7,9-10H,8H2,2H3,(H,18,19). The molecule has 0 aliphatic rings. The first-order chi connectivity index (χ1) is 10.3. The average molecular weight is 279 g/mol. The van der Waals surface area contributed by atoms with Crippen molar-refractivity contribution in [2.24, 2.45) is 0 Å². The molecule has 0 spiro atoms. The zero-order valence-corrected chi connectivity index (χ0v) is 11.5. The highest BCUT2D eigenvalue weighted by Crippen LogP contribution is 2.32. The predicted octanol–water partition coefficient (Wildman–Crippen LogP) is 2.65. The highest BCUT2D eigenvalue weighted by atomic mass is 16.5. The number of nitrogens with zero attached hydrogens (tertiary/aromatic N) is 2. The van der Waals surface area contributed by atoms with Crippen LogP contribution in [0.4, 0.5) is 0 Å². The number of benzene rings is 1. The van der Waals surface area contributed by atoms with E-state index in [9.17, 15) is 0 Å². The van der Waals surface area contributed by atoms with Gasteiger partial charge >= 0.3 is 0 Å². The van der Waals surface area contributed by atoms with Crippen LogP contribution in [0.15, 0.2) is 36.7 Å². The van der Waals surface area contributed by atoms with Crippen LogP contribution in [-0.4, -0.2) is 28.7 Å². The van der Waals surface area contributed by atoms with Crippen LogP contribution in [0.3, 0.4) is 0 Å². The summed E-state index contributed by atoms with van der Waals surface area (Å²) in [7, 11) is 1.61. The number of methoxy groups -OCH3 is 1. The minimum atomic E-state index is 0.196. The minimum Gasteiger partial charge on any atom is -0.497 e. The number of rotatable bonds is 4. The highest BCUT2D eigenvalue weighted by Gasteiger charge is 2.12. The van der Waals surface area contributed by atoms with Crippen molar-refractivity contribution in [1.29, 1.82) is 0 Å². The smallest absolute Gasteiger partial charge is 0.148 e. The lowest BCUT2D eigenvalue weighted by Gasteiger charge is -2.09. The summed E-state index contributed by atoms with van der Waals surface area (Å²) in [5.74, 6) is 4.51. The lowest BCUT2D eigenvalue weighted by molar-refractivity contribution is 0.369. The van der Waals surface area contributed by atoms with E-state index in [2.05, 4.69) is 20.9 Å². The molecule has 3 aromatic rings. The van der Waals surface area contributed by atoms with Gasteiger partial charge in [-0.1, -0.05) is 5.92 Å². The molecule has 21 heavy (non-hydrogen) atoms. The van der Waals surface area contributed by atoms with Crippen LogP contribution in [-0.2, 0) is 0 Å². The Morgan fingerprint density at radius 2 is 2.24 bits per heavy atom. The molecule has 5 nitrogen and oxygen atoms in total. The molecule has 5 heteroatoms. The summed E-state index contributed by atoms with van der Waals surface area (Å²) in [6.45, 7) is 0.196. The lowest BCUT2D eigenvalue weighted by atomic mass is 10.2. The van der Waals surface area contributed by atoms with Crippen molar-refractivity contribution in [3.63, 3.8) is 0 Å². The van der Waals surface area contributed by atoms with Gasteiger partial charge in [0.05, 0.1) is 29.9 Å². The third kappa shape index (κ3) is 2.51. The second-order valence-electron chi connectivity index (χ2n) is 4.33. The number of fused-ring (bicyclic) bond motifs is 1.